The quantitative estimate of drug-likeness (QED) is 0.136. The van der Waals surface area contributed by atoms with Gasteiger partial charge in [-0.3, -0.25) is 4.90 Å². The lowest BCUT2D eigenvalue weighted by molar-refractivity contribution is -0.146. The third kappa shape index (κ3) is 15.3. The molecule has 1 unspecified atom stereocenters. The van der Waals surface area contributed by atoms with Gasteiger partial charge in [0.2, 0.25) is 0 Å². The van der Waals surface area contributed by atoms with Gasteiger partial charge in [-0.1, -0.05) is 41.6 Å². The summed E-state index contributed by atoms with van der Waals surface area (Å²) in [7, 11) is 6.06. The summed E-state index contributed by atoms with van der Waals surface area (Å²) in [6.45, 7) is 5.65. The molecule has 272 valence electrons. The molecule has 50 heavy (non-hydrogen) atoms. The molecule has 3 aromatic rings. The molecule has 14 heteroatoms. The van der Waals surface area contributed by atoms with Crippen LogP contribution in [0.15, 0.2) is 93.6 Å². The smallest absolute Gasteiger partial charge is 0.344 e. The Morgan fingerprint density at radius 2 is 1.60 bits per heavy atom. The maximum Gasteiger partial charge on any atom is 0.344 e. The van der Waals surface area contributed by atoms with Gasteiger partial charge in [0, 0.05) is 70.6 Å². The maximum absolute atomic E-state index is 11.3. The number of thioether (sulfide) groups is 1. The fourth-order valence-electron chi connectivity index (χ4n) is 4.87. The number of carboxylic acid groups (broad SMARTS) is 2. The second-order valence-corrected chi connectivity index (χ2v) is 13.8. The van der Waals surface area contributed by atoms with Crippen LogP contribution in [0.1, 0.15) is 17.2 Å². The average molecular weight is 767 g/mol. The maximum atomic E-state index is 11.3. The summed E-state index contributed by atoms with van der Waals surface area (Å²) in [6, 6.07) is 23.3. The minimum absolute atomic E-state index is 0. The first-order chi connectivity index (χ1) is 23.4. The number of nitrogens with zero attached hydrogens (tertiary/aromatic N) is 3. The molecule has 2 aliphatic rings. The Bertz CT molecular complexity index is 1540. The van der Waals surface area contributed by atoms with E-state index >= 15 is 0 Å². The molecule has 1 atom stereocenters. The molecule has 0 saturated carbocycles. The van der Waals surface area contributed by atoms with Crippen LogP contribution in [0.4, 0.5) is 0 Å². The van der Waals surface area contributed by atoms with Crippen LogP contribution >= 0.6 is 47.5 Å². The van der Waals surface area contributed by atoms with Crippen molar-refractivity contribution in [2.75, 3.05) is 73.3 Å². The van der Waals surface area contributed by atoms with E-state index in [1.54, 1.807) is 24.3 Å². The van der Waals surface area contributed by atoms with Crippen LogP contribution in [0.5, 0.6) is 5.75 Å². The third-order valence-corrected chi connectivity index (χ3v) is 9.69. The van der Waals surface area contributed by atoms with E-state index in [9.17, 15) is 14.4 Å². The molecule has 5 rings (SSSR count). The lowest BCUT2D eigenvalue weighted by Crippen LogP contribution is -2.46. The lowest BCUT2D eigenvalue weighted by atomic mass is 9.96. The molecule has 2 heterocycles. The normalized spacial score (nSPS) is 15.5. The van der Waals surface area contributed by atoms with Crippen molar-refractivity contribution in [3.05, 3.63) is 95.0 Å². The van der Waals surface area contributed by atoms with Crippen molar-refractivity contribution in [3.8, 4) is 5.75 Å². The summed E-state index contributed by atoms with van der Waals surface area (Å²) in [6.07, 6.45) is 4.41. The summed E-state index contributed by atoms with van der Waals surface area (Å²) >= 11 is 9.51. The van der Waals surface area contributed by atoms with Crippen molar-refractivity contribution in [1.82, 2.24) is 14.7 Å². The average Bonchev–Trinajstić information content (AvgIpc) is 3.24. The van der Waals surface area contributed by atoms with E-state index in [2.05, 4.69) is 65.6 Å². The molecule has 0 bridgehead atoms. The van der Waals surface area contributed by atoms with Gasteiger partial charge in [0.05, 0.1) is 0 Å². The highest BCUT2D eigenvalue weighted by molar-refractivity contribution is 7.99. The molecule has 0 aliphatic carbocycles. The molecule has 2 aliphatic heterocycles. The number of carbonyl (C=O) groups excluding carboxylic acids is 1. The van der Waals surface area contributed by atoms with Gasteiger partial charge in [-0.2, -0.15) is 0 Å². The molecule has 0 amide bonds. The third-order valence-electron chi connectivity index (χ3n) is 7.50. The zero-order chi connectivity index (χ0) is 35.8. The summed E-state index contributed by atoms with van der Waals surface area (Å²) in [4.78, 5) is 41.7. The second-order valence-electron chi connectivity index (χ2n) is 11.4. The van der Waals surface area contributed by atoms with Crippen LogP contribution < -0.4 is 4.74 Å². The lowest BCUT2D eigenvalue weighted by Gasteiger charge is -2.38. The van der Waals surface area contributed by atoms with E-state index < -0.39 is 11.9 Å². The first kappa shape index (κ1) is 42.9. The van der Waals surface area contributed by atoms with Gasteiger partial charge in [-0.05, 0) is 93.5 Å². The fraction of sp³-hybridized carbons (Fsp3) is 0.361. The zero-order valence-corrected chi connectivity index (χ0v) is 31.8. The summed E-state index contributed by atoms with van der Waals surface area (Å²) in [5.41, 5.74) is 3.01. The number of esters is 1. The predicted molar refractivity (Wildman–Crippen MR) is 202 cm³/mol. The molecular weight excluding hydrogens is 721 g/mol. The van der Waals surface area contributed by atoms with E-state index in [1.165, 1.54) is 38.9 Å². The van der Waals surface area contributed by atoms with Crippen molar-refractivity contribution in [1.29, 1.82) is 0 Å². The Labute approximate surface area is 314 Å². The number of carbonyl (C=O) groups is 3. The highest BCUT2D eigenvalue weighted by Crippen LogP contribution is 2.44. The second kappa shape index (κ2) is 22.6. The molecular formula is C36H45Cl2N3O7S2. The predicted octanol–water partition coefficient (Wildman–Crippen LogP) is 6.36. The number of halogens is 2. The highest BCUT2D eigenvalue weighted by Gasteiger charge is 2.29. The van der Waals surface area contributed by atoms with Crippen molar-refractivity contribution in [2.45, 2.75) is 27.1 Å². The van der Waals surface area contributed by atoms with Crippen molar-refractivity contribution >= 4 is 65.4 Å². The Morgan fingerprint density at radius 3 is 2.20 bits per heavy atom. The molecule has 10 nitrogen and oxygen atoms in total. The monoisotopic (exact) mass is 765 g/mol. The first-order valence-electron chi connectivity index (χ1n) is 15.6. The van der Waals surface area contributed by atoms with E-state index in [0.717, 1.165) is 19.5 Å². The number of hydrogen-bond donors (Lipinski definition) is 2. The molecule has 0 spiro atoms. The number of likely N-dealkylation sites (N-methyl/N-ethyl adjacent to an activating group) is 2. The Hall–Kier alpha value is -3.23. The molecule has 0 radical (unpaired) electrons. The Kier molecular flexibility index (Phi) is 19.4. The Morgan fingerprint density at radius 1 is 0.960 bits per heavy atom. The van der Waals surface area contributed by atoms with Crippen molar-refractivity contribution < 1.29 is 34.1 Å². The molecule has 1 fully saturated rings. The fourth-order valence-corrected chi connectivity index (χ4v) is 6.56. The van der Waals surface area contributed by atoms with E-state index in [-0.39, 0.29) is 25.0 Å². The van der Waals surface area contributed by atoms with Crippen LogP contribution in [-0.4, -0.2) is 116 Å². The van der Waals surface area contributed by atoms with Gasteiger partial charge < -0.3 is 29.5 Å². The number of fused-ring (bicyclic) bond motifs is 2. The van der Waals surface area contributed by atoms with Gasteiger partial charge in [0.25, 0.3) is 0 Å². The summed E-state index contributed by atoms with van der Waals surface area (Å²) < 4.78 is 10.2. The molecule has 0 aromatic heterocycles. The highest BCUT2D eigenvalue weighted by atomic mass is 35.5. The molecule has 2 N–H and O–H groups in total. The molecule has 1 saturated heterocycles. The SMILES string of the molecule is CN(C)CCOC(=O)COc1ccc(Cl)cc1.CSc1ccc2c(c1)C(N1CCN(C)CC1)Cc1ccccc1S2.Cl.O=C(O)C=CC(=O)O. The van der Waals surface area contributed by atoms with Crippen molar-refractivity contribution in [2.24, 2.45) is 0 Å². The summed E-state index contributed by atoms with van der Waals surface area (Å²) in [5.74, 6) is -2.29. The topological polar surface area (TPSA) is 120 Å². The van der Waals surface area contributed by atoms with Crippen LogP contribution in [0.2, 0.25) is 5.02 Å². The van der Waals surface area contributed by atoms with Gasteiger partial charge >= 0.3 is 17.9 Å². The first-order valence-corrected chi connectivity index (χ1v) is 18.1. The number of hydrogen-bond acceptors (Lipinski definition) is 10. The number of piperazine rings is 1. The van der Waals surface area contributed by atoms with Gasteiger partial charge in [0.15, 0.2) is 6.61 Å². The van der Waals surface area contributed by atoms with E-state index in [4.69, 9.17) is 31.3 Å². The number of carboxylic acids is 2. The summed E-state index contributed by atoms with van der Waals surface area (Å²) in [5, 5.41) is 16.3. The number of benzene rings is 3. The van der Waals surface area contributed by atoms with E-state index in [1.807, 2.05) is 42.5 Å². The largest absolute Gasteiger partial charge is 0.482 e. The molecule has 3 aromatic carbocycles. The van der Waals surface area contributed by atoms with Crippen LogP contribution in [-0.2, 0) is 25.5 Å². The van der Waals surface area contributed by atoms with Crippen LogP contribution in [0, 0.1) is 0 Å². The standard InChI is InChI=1S/C20H24N2S2.C12H16ClNO3.C4H4O4.ClH/c1-21-9-11-22(12-10-21)18-13-15-5-3-4-6-19(15)24-20-8-7-16(23-2)14-17(18)20;1-14(2)7-8-16-12(15)9-17-11-5-3-10(13)4-6-11;5-3(6)1-2-4(7)8;/h3-8,14,18H,9-13H2,1-2H3;3-6H,7-9H2,1-2H3;1-2H,(H,5,6)(H,7,8);1H. The minimum Gasteiger partial charge on any atom is -0.482 e. The zero-order valence-electron chi connectivity index (χ0n) is 28.6. The number of aliphatic carboxylic acids is 2. The van der Waals surface area contributed by atoms with Gasteiger partial charge in [0.1, 0.15) is 12.4 Å². The minimum atomic E-state index is -1.26. The van der Waals surface area contributed by atoms with Crippen LogP contribution in [0.25, 0.3) is 0 Å². The van der Waals surface area contributed by atoms with Gasteiger partial charge in [-0.15, -0.1) is 24.2 Å². The number of ether oxygens (including phenoxy) is 2. The Balaban J connectivity index is 0.000000292. The number of rotatable bonds is 10. The van der Waals surface area contributed by atoms with Crippen molar-refractivity contribution in [3.63, 3.8) is 0 Å². The van der Waals surface area contributed by atoms with Crippen LogP contribution in [0.3, 0.4) is 0 Å². The van der Waals surface area contributed by atoms with Gasteiger partial charge in [-0.25, -0.2) is 14.4 Å². The van der Waals surface area contributed by atoms with E-state index in [0.29, 0.717) is 42.1 Å².